The number of hydrogen-bond donors (Lipinski definition) is 3. The van der Waals surface area contributed by atoms with E-state index in [1.165, 1.54) is 0 Å². The highest BCUT2D eigenvalue weighted by atomic mass is 35.7. The molecule has 1 heterocycles. The standard InChI is InChI=1S/C23H25ClN4O5S2.ClHO4/c1-3-17-10-16(15-8-6-5-7-9-15)11-18(4-2)28(17)14-23(29)27-20-12-19(24)21(34(25,30)31)13-22(20)35(26,32)33;2-1(3,4)5/h5-13H,3-4,14H2,1-2H3,(H4-,25,26,27,29,30,31,32,33);(H,2,3,4,5). The Morgan fingerprint density at radius 3 is 1.75 bits per heavy atom. The fourth-order valence-corrected chi connectivity index (χ4v) is 5.62. The van der Waals surface area contributed by atoms with E-state index in [9.17, 15) is 21.6 Å². The number of nitrogens with zero attached hydrogens (tertiary/aromatic N) is 1. The maximum Gasteiger partial charge on any atom is 0.290 e. The molecule has 40 heavy (non-hydrogen) atoms. The molecule has 218 valence electrons. The lowest BCUT2D eigenvalue weighted by Crippen LogP contribution is -2.68. The number of benzene rings is 2. The molecule has 0 aliphatic heterocycles. The molecule has 0 spiro atoms. The number of halogens is 2. The molecule has 0 aliphatic carbocycles. The van der Waals surface area contributed by atoms with Gasteiger partial charge in [-0.3, -0.25) is 4.79 Å². The van der Waals surface area contributed by atoms with Crippen molar-refractivity contribution in [3.63, 3.8) is 0 Å². The molecular weight excluding hydrogens is 611 g/mol. The minimum absolute atomic E-state index is 0.111. The third-order valence-electron chi connectivity index (χ3n) is 5.39. The predicted molar refractivity (Wildman–Crippen MR) is 134 cm³/mol. The maximum atomic E-state index is 13.0. The summed E-state index contributed by atoms with van der Waals surface area (Å²) in [6, 6.07) is 15.6. The van der Waals surface area contributed by atoms with E-state index in [1.807, 2.05) is 60.9 Å². The Morgan fingerprint density at radius 1 is 0.850 bits per heavy atom. The number of hydrogen-bond acceptors (Lipinski definition) is 9. The summed E-state index contributed by atoms with van der Waals surface area (Å²) in [6.45, 7) is 3.84. The van der Waals surface area contributed by atoms with E-state index in [1.54, 1.807) is 0 Å². The van der Waals surface area contributed by atoms with Crippen molar-refractivity contribution in [2.24, 2.45) is 10.3 Å². The summed E-state index contributed by atoms with van der Waals surface area (Å²) in [5.74, 6) is -0.545. The van der Waals surface area contributed by atoms with Crippen molar-refractivity contribution in [2.45, 2.75) is 43.0 Å². The highest BCUT2D eigenvalue weighted by Gasteiger charge is 2.26. The molecule has 3 aromatic rings. The summed E-state index contributed by atoms with van der Waals surface area (Å²) < 4.78 is 83.5. The third kappa shape index (κ3) is 9.74. The monoisotopic (exact) mass is 636 g/mol. The lowest BCUT2D eigenvalue weighted by atomic mass is 10.0. The molecule has 0 atom stereocenters. The molecule has 17 heteroatoms. The van der Waals surface area contributed by atoms with Crippen LogP contribution in [0.1, 0.15) is 25.2 Å². The average Bonchev–Trinajstić information content (AvgIpc) is 2.82. The molecule has 13 nitrogen and oxygen atoms in total. The first kappa shape index (κ1) is 33.5. The van der Waals surface area contributed by atoms with Gasteiger partial charge in [0.2, 0.25) is 26.6 Å². The van der Waals surface area contributed by atoms with Crippen molar-refractivity contribution in [3.05, 3.63) is 71.0 Å². The SMILES string of the molecule is CCc1cc(-c2ccccc2)cc(CC)[n+]1CC(=O)Nc1cc(Cl)c(S(N)(=O)=O)cc1S(N)(=O)=O.[O-][Cl+3]([O-])([O-])[O-]. The van der Waals surface area contributed by atoms with Gasteiger partial charge in [0.15, 0.2) is 11.4 Å². The Hall–Kier alpha value is -2.70. The van der Waals surface area contributed by atoms with Crippen molar-refractivity contribution >= 4 is 43.2 Å². The molecule has 0 fully saturated rings. The highest BCUT2D eigenvalue weighted by Crippen LogP contribution is 2.30. The van der Waals surface area contributed by atoms with Crippen molar-refractivity contribution in [3.8, 4) is 11.1 Å². The molecular formula is C23H26Cl2N4O9S2. The summed E-state index contributed by atoms with van der Waals surface area (Å²) in [6.07, 6.45) is 1.30. The van der Waals surface area contributed by atoms with Crippen LogP contribution in [0.4, 0.5) is 5.69 Å². The van der Waals surface area contributed by atoms with Gasteiger partial charge in [-0.05, 0) is 23.3 Å². The Kier molecular flexibility index (Phi) is 11.1. The first-order valence-corrected chi connectivity index (χ1v) is 16.0. The third-order valence-corrected chi connectivity index (χ3v) is 7.72. The second kappa shape index (κ2) is 13.3. The number of primary sulfonamides is 2. The fraction of sp³-hybridized carbons (Fsp3) is 0.217. The number of pyridine rings is 1. The fourth-order valence-electron chi connectivity index (χ4n) is 3.75. The molecule has 0 bridgehead atoms. The van der Waals surface area contributed by atoms with E-state index >= 15 is 0 Å². The number of carbonyl (C=O) groups is 1. The van der Waals surface area contributed by atoms with Crippen LogP contribution in [-0.4, -0.2) is 22.7 Å². The summed E-state index contributed by atoms with van der Waals surface area (Å²) in [7, 11) is -13.7. The summed E-state index contributed by atoms with van der Waals surface area (Å²) in [4.78, 5) is 11.8. The van der Waals surface area contributed by atoms with Crippen LogP contribution in [0.5, 0.6) is 0 Å². The minimum atomic E-state index is -4.94. The number of rotatable bonds is 8. The zero-order valence-electron chi connectivity index (χ0n) is 21.2. The van der Waals surface area contributed by atoms with Crippen molar-refractivity contribution < 1.29 is 55.1 Å². The average molecular weight is 638 g/mol. The number of aryl methyl sites for hydroxylation is 2. The second-order valence-corrected chi connectivity index (χ2v) is 12.4. The van der Waals surface area contributed by atoms with E-state index < -0.39 is 46.0 Å². The van der Waals surface area contributed by atoms with E-state index in [2.05, 4.69) is 5.32 Å². The normalized spacial score (nSPS) is 11.9. The van der Waals surface area contributed by atoms with Crippen molar-refractivity contribution in [1.29, 1.82) is 0 Å². The van der Waals surface area contributed by atoms with Crippen LogP contribution in [0.3, 0.4) is 0 Å². The van der Waals surface area contributed by atoms with Crippen molar-refractivity contribution in [2.75, 3.05) is 5.32 Å². The van der Waals surface area contributed by atoms with Gasteiger partial charge in [0.25, 0.3) is 5.91 Å². The van der Waals surface area contributed by atoms with Gasteiger partial charge in [0.1, 0.15) is 9.79 Å². The number of nitrogens with two attached hydrogens (primary N) is 2. The Balaban J connectivity index is 0.00000103. The molecule has 0 saturated carbocycles. The number of amides is 1. The molecule has 0 unspecified atom stereocenters. The van der Waals surface area contributed by atoms with Crippen LogP contribution in [0.2, 0.25) is 5.02 Å². The Morgan fingerprint density at radius 2 is 1.32 bits per heavy atom. The maximum absolute atomic E-state index is 13.0. The molecule has 2 aromatic carbocycles. The van der Waals surface area contributed by atoms with Crippen LogP contribution in [-0.2, 0) is 44.2 Å². The molecule has 3 rings (SSSR count). The zero-order chi connectivity index (χ0) is 30.5. The summed E-state index contributed by atoms with van der Waals surface area (Å²) in [5.41, 5.74) is 3.65. The number of sulfonamides is 2. The van der Waals surface area contributed by atoms with E-state index in [0.717, 1.165) is 34.6 Å². The number of anilines is 1. The number of nitrogens with one attached hydrogen (secondary N) is 1. The summed E-state index contributed by atoms with van der Waals surface area (Å²) in [5, 5.41) is 12.5. The van der Waals surface area contributed by atoms with Gasteiger partial charge in [-0.2, -0.15) is 4.57 Å². The van der Waals surface area contributed by atoms with Crippen LogP contribution >= 0.6 is 11.6 Å². The van der Waals surface area contributed by atoms with Gasteiger partial charge < -0.3 is 5.32 Å². The minimum Gasteiger partial charge on any atom is -0.319 e. The molecule has 5 N–H and O–H groups in total. The molecule has 0 saturated heterocycles. The topological polar surface area (TPSA) is 246 Å². The van der Waals surface area contributed by atoms with Crippen LogP contribution in [0.25, 0.3) is 11.1 Å². The molecule has 1 amide bonds. The van der Waals surface area contributed by atoms with Gasteiger partial charge in [0, 0.05) is 25.0 Å². The second-order valence-electron chi connectivity index (χ2n) is 8.18. The van der Waals surface area contributed by atoms with E-state index in [-0.39, 0.29) is 17.3 Å². The quantitative estimate of drug-likeness (QED) is 0.222. The lowest BCUT2D eigenvalue weighted by molar-refractivity contribution is -2.00. The summed E-state index contributed by atoms with van der Waals surface area (Å²) >= 11 is 6.00. The molecule has 1 aromatic heterocycles. The molecule has 0 aliphatic rings. The smallest absolute Gasteiger partial charge is 0.290 e. The van der Waals surface area contributed by atoms with Gasteiger partial charge in [0.05, 0.1) is 10.7 Å². The molecule has 0 radical (unpaired) electrons. The van der Waals surface area contributed by atoms with Gasteiger partial charge >= 0.3 is 0 Å². The number of aromatic nitrogens is 1. The predicted octanol–water partition coefficient (Wildman–Crippen LogP) is -2.40. The van der Waals surface area contributed by atoms with Crippen LogP contribution < -0.4 is 38.8 Å². The van der Waals surface area contributed by atoms with Gasteiger partial charge in [-0.1, -0.05) is 55.8 Å². The van der Waals surface area contributed by atoms with Gasteiger partial charge in [-0.25, -0.2) is 45.7 Å². The Bertz CT molecular complexity index is 1570. The van der Waals surface area contributed by atoms with Gasteiger partial charge in [-0.15, -0.1) is 10.2 Å². The lowest BCUT2D eigenvalue weighted by Gasteiger charge is -2.17. The zero-order valence-corrected chi connectivity index (χ0v) is 24.3. The number of carbonyl (C=O) groups excluding carboxylic acids is 1. The van der Waals surface area contributed by atoms with E-state index in [0.29, 0.717) is 12.8 Å². The van der Waals surface area contributed by atoms with Crippen molar-refractivity contribution in [1.82, 2.24) is 0 Å². The Labute approximate surface area is 238 Å². The highest BCUT2D eigenvalue weighted by molar-refractivity contribution is 7.90. The first-order chi connectivity index (χ1) is 18.3. The van der Waals surface area contributed by atoms with Crippen LogP contribution in [0.15, 0.2) is 64.4 Å². The largest absolute Gasteiger partial charge is 0.319 e. The van der Waals surface area contributed by atoms with Crippen LogP contribution in [0, 0.1) is 10.2 Å². The van der Waals surface area contributed by atoms with E-state index in [4.69, 9.17) is 40.5 Å². The first-order valence-electron chi connectivity index (χ1n) is 11.3.